The van der Waals surface area contributed by atoms with Crippen molar-refractivity contribution in [3.05, 3.63) is 46.0 Å². The predicted octanol–water partition coefficient (Wildman–Crippen LogP) is 3.91. The number of aryl methyl sites for hydroxylation is 1. The van der Waals surface area contributed by atoms with Gasteiger partial charge >= 0.3 is 0 Å². The molecule has 0 fully saturated rings. The van der Waals surface area contributed by atoms with E-state index in [1.165, 1.54) is 6.07 Å². The third-order valence-electron chi connectivity index (χ3n) is 4.49. The molecule has 23 heavy (non-hydrogen) atoms. The van der Waals surface area contributed by atoms with Crippen molar-refractivity contribution in [2.45, 2.75) is 40.0 Å². The zero-order valence-electron chi connectivity index (χ0n) is 14.1. The lowest BCUT2D eigenvalue weighted by atomic mass is 9.93. The van der Waals surface area contributed by atoms with Gasteiger partial charge in [-0.25, -0.2) is 0 Å². The van der Waals surface area contributed by atoms with E-state index in [0.717, 1.165) is 46.4 Å². The van der Waals surface area contributed by atoms with Gasteiger partial charge in [-0.2, -0.15) is 0 Å². The van der Waals surface area contributed by atoms with Gasteiger partial charge in [0.25, 0.3) is 0 Å². The van der Waals surface area contributed by atoms with Crippen LogP contribution in [-0.2, 0) is 12.8 Å². The predicted molar refractivity (Wildman–Crippen MR) is 90.7 cm³/mol. The first-order chi connectivity index (χ1) is 10.9. The van der Waals surface area contributed by atoms with Crippen LogP contribution in [0.15, 0.2) is 18.2 Å². The van der Waals surface area contributed by atoms with Crippen LogP contribution in [0.5, 0.6) is 23.0 Å². The maximum absolute atomic E-state index is 10.3. The fourth-order valence-corrected chi connectivity index (χ4v) is 2.97. The summed E-state index contributed by atoms with van der Waals surface area (Å²) in [6.07, 6.45) is 2.23. The van der Waals surface area contributed by atoms with Gasteiger partial charge in [0, 0.05) is 11.6 Å². The fourth-order valence-electron chi connectivity index (χ4n) is 2.97. The van der Waals surface area contributed by atoms with Gasteiger partial charge in [0.2, 0.25) is 0 Å². The Bertz CT molecular complexity index is 720. The minimum atomic E-state index is 0.0582. The molecule has 3 N–H and O–H groups in total. The molecule has 0 heterocycles. The quantitative estimate of drug-likeness (QED) is 0.782. The molecule has 0 aliphatic rings. The number of ether oxygens (including phenoxy) is 1. The Morgan fingerprint density at radius 3 is 2.22 bits per heavy atom. The van der Waals surface area contributed by atoms with Gasteiger partial charge in [-0.15, -0.1) is 0 Å². The number of aromatic hydroxyl groups is 3. The van der Waals surface area contributed by atoms with Crippen LogP contribution >= 0.6 is 0 Å². The molecule has 0 saturated heterocycles. The molecule has 0 atom stereocenters. The van der Waals surface area contributed by atoms with E-state index in [4.69, 9.17) is 4.74 Å². The molecule has 4 heteroatoms. The van der Waals surface area contributed by atoms with Crippen molar-refractivity contribution in [1.82, 2.24) is 0 Å². The summed E-state index contributed by atoms with van der Waals surface area (Å²) in [5.41, 5.74) is 4.45. The summed E-state index contributed by atoms with van der Waals surface area (Å²) in [5.74, 6) is 1.32. The lowest BCUT2D eigenvalue weighted by Crippen LogP contribution is -2.02. The van der Waals surface area contributed by atoms with Crippen LogP contribution in [-0.4, -0.2) is 22.4 Å². The lowest BCUT2D eigenvalue weighted by Gasteiger charge is -2.18. The Kier molecular flexibility index (Phi) is 5.04. The molecule has 0 radical (unpaired) electrons. The molecule has 0 saturated carbocycles. The summed E-state index contributed by atoms with van der Waals surface area (Å²) in [6.45, 7) is 5.73. The Labute approximate surface area is 137 Å². The summed E-state index contributed by atoms with van der Waals surface area (Å²) >= 11 is 0. The summed E-state index contributed by atoms with van der Waals surface area (Å²) in [6, 6.07) is 4.65. The SMILES string of the molecule is COc1c(C)c(C)c(O)c(C)c1CCCc1ccc(O)cc1O. The molecular formula is C19H24O4. The molecule has 2 aromatic carbocycles. The Morgan fingerprint density at radius 2 is 1.61 bits per heavy atom. The number of benzene rings is 2. The van der Waals surface area contributed by atoms with Crippen molar-refractivity contribution >= 4 is 0 Å². The van der Waals surface area contributed by atoms with E-state index >= 15 is 0 Å². The van der Waals surface area contributed by atoms with E-state index in [1.54, 1.807) is 19.2 Å². The molecule has 0 aliphatic carbocycles. The lowest BCUT2D eigenvalue weighted by molar-refractivity contribution is 0.400. The van der Waals surface area contributed by atoms with Crippen molar-refractivity contribution in [3.8, 4) is 23.0 Å². The van der Waals surface area contributed by atoms with Gasteiger partial charge in [-0.05, 0) is 68.4 Å². The average Bonchev–Trinajstić information content (AvgIpc) is 2.52. The van der Waals surface area contributed by atoms with Crippen LogP contribution < -0.4 is 4.74 Å². The third kappa shape index (κ3) is 3.36. The standard InChI is InChI=1S/C19H24O4/c1-11-12(2)19(23-4)16(13(3)18(11)22)7-5-6-14-8-9-15(20)10-17(14)21/h8-10,20-22H,5-7H2,1-4H3. The summed E-state index contributed by atoms with van der Waals surface area (Å²) in [7, 11) is 1.65. The molecule has 124 valence electrons. The van der Waals surface area contributed by atoms with Crippen LogP contribution in [0, 0.1) is 20.8 Å². The number of hydrogen-bond donors (Lipinski definition) is 3. The van der Waals surface area contributed by atoms with Crippen LogP contribution in [0.25, 0.3) is 0 Å². The van der Waals surface area contributed by atoms with E-state index in [2.05, 4.69) is 0 Å². The van der Waals surface area contributed by atoms with Crippen molar-refractivity contribution < 1.29 is 20.1 Å². The third-order valence-corrected chi connectivity index (χ3v) is 4.49. The maximum atomic E-state index is 10.3. The van der Waals surface area contributed by atoms with Crippen LogP contribution in [0.2, 0.25) is 0 Å². The van der Waals surface area contributed by atoms with Gasteiger partial charge in [0.15, 0.2) is 0 Å². The first-order valence-electron chi connectivity index (χ1n) is 7.73. The molecule has 0 aromatic heterocycles. The summed E-state index contributed by atoms with van der Waals surface area (Å²) in [4.78, 5) is 0. The van der Waals surface area contributed by atoms with Gasteiger partial charge in [0.1, 0.15) is 23.0 Å². The molecule has 0 bridgehead atoms. The van der Waals surface area contributed by atoms with Gasteiger partial charge in [0.05, 0.1) is 7.11 Å². The second-order valence-electron chi connectivity index (χ2n) is 5.90. The Hall–Kier alpha value is -2.36. The van der Waals surface area contributed by atoms with Crippen molar-refractivity contribution in [2.75, 3.05) is 7.11 Å². The molecular weight excluding hydrogens is 292 g/mol. The molecule has 2 rings (SSSR count). The van der Waals surface area contributed by atoms with Crippen molar-refractivity contribution in [1.29, 1.82) is 0 Å². The average molecular weight is 316 g/mol. The molecule has 0 amide bonds. The molecule has 2 aromatic rings. The Balaban J connectivity index is 2.20. The monoisotopic (exact) mass is 316 g/mol. The number of phenols is 3. The first kappa shape index (κ1) is 17.0. The molecule has 4 nitrogen and oxygen atoms in total. The van der Waals surface area contributed by atoms with Gasteiger partial charge in [-0.1, -0.05) is 6.07 Å². The second-order valence-corrected chi connectivity index (χ2v) is 5.90. The second kappa shape index (κ2) is 6.82. The highest BCUT2D eigenvalue weighted by Gasteiger charge is 2.17. The topological polar surface area (TPSA) is 69.9 Å². The Morgan fingerprint density at radius 1 is 0.913 bits per heavy atom. The van der Waals surface area contributed by atoms with Crippen LogP contribution in [0.3, 0.4) is 0 Å². The van der Waals surface area contributed by atoms with E-state index in [1.807, 2.05) is 20.8 Å². The number of methoxy groups -OCH3 is 1. The van der Waals surface area contributed by atoms with Crippen LogP contribution in [0.4, 0.5) is 0 Å². The molecule has 0 spiro atoms. The van der Waals surface area contributed by atoms with Gasteiger partial charge < -0.3 is 20.1 Å². The zero-order valence-corrected chi connectivity index (χ0v) is 14.1. The first-order valence-corrected chi connectivity index (χ1v) is 7.73. The van der Waals surface area contributed by atoms with E-state index < -0.39 is 0 Å². The fraction of sp³-hybridized carbons (Fsp3) is 0.368. The van der Waals surface area contributed by atoms with Crippen molar-refractivity contribution in [3.63, 3.8) is 0 Å². The smallest absolute Gasteiger partial charge is 0.125 e. The normalized spacial score (nSPS) is 10.8. The van der Waals surface area contributed by atoms with E-state index in [-0.39, 0.29) is 11.5 Å². The maximum Gasteiger partial charge on any atom is 0.125 e. The van der Waals surface area contributed by atoms with Gasteiger partial charge in [-0.3, -0.25) is 0 Å². The highest BCUT2D eigenvalue weighted by molar-refractivity contribution is 5.57. The molecule has 0 aliphatic heterocycles. The number of hydrogen-bond acceptors (Lipinski definition) is 4. The highest BCUT2D eigenvalue weighted by Crippen LogP contribution is 2.37. The largest absolute Gasteiger partial charge is 0.508 e. The minimum absolute atomic E-state index is 0.0582. The van der Waals surface area contributed by atoms with E-state index in [0.29, 0.717) is 12.2 Å². The summed E-state index contributed by atoms with van der Waals surface area (Å²) < 4.78 is 5.54. The molecule has 0 unspecified atom stereocenters. The number of phenolic OH excluding ortho intramolecular Hbond substituents is 3. The number of rotatable bonds is 5. The highest BCUT2D eigenvalue weighted by atomic mass is 16.5. The zero-order chi connectivity index (χ0) is 17.1. The van der Waals surface area contributed by atoms with Crippen molar-refractivity contribution in [2.24, 2.45) is 0 Å². The summed E-state index contributed by atoms with van der Waals surface area (Å²) in [5, 5.41) is 29.4. The van der Waals surface area contributed by atoms with Crippen LogP contribution in [0.1, 0.15) is 34.2 Å². The minimum Gasteiger partial charge on any atom is -0.508 e. The van der Waals surface area contributed by atoms with E-state index in [9.17, 15) is 15.3 Å².